The van der Waals surface area contributed by atoms with Gasteiger partial charge in [-0.05, 0) is 6.26 Å². The molecule has 0 rings (SSSR count). The van der Waals surface area contributed by atoms with Crippen molar-refractivity contribution in [2.24, 2.45) is 16.5 Å². The summed E-state index contributed by atoms with van der Waals surface area (Å²) < 4.78 is 0. The largest absolute Gasteiger partial charge is 0.368 e. The summed E-state index contributed by atoms with van der Waals surface area (Å²) in [6.07, 6.45) is 3.22. The summed E-state index contributed by atoms with van der Waals surface area (Å²) in [6, 6.07) is 0. The second kappa shape index (κ2) is 6.67. The van der Waals surface area contributed by atoms with Crippen LogP contribution in [-0.2, 0) is 9.59 Å². The maximum absolute atomic E-state index is 10.7. The first kappa shape index (κ1) is 13.2. The Hall–Kier alpha value is -1.75. The Morgan fingerprint density at radius 2 is 1.87 bits per heavy atom. The second-order valence-corrected chi connectivity index (χ2v) is 3.26. The fourth-order valence-electron chi connectivity index (χ4n) is 0.856. The number of hydrogen-bond donors (Lipinski definition) is 2. The number of amides is 2. The third-order valence-corrected chi connectivity index (χ3v) is 2.01. The van der Waals surface area contributed by atoms with Gasteiger partial charge in [0, 0.05) is 0 Å². The van der Waals surface area contributed by atoms with E-state index in [-0.39, 0.29) is 18.3 Å². The number of rotatable bonds is 4. The first-order valence-corrected chi connectivity index (χ1v) is 5.06. The maximum Gasteiger partial charge on any atom is 0.237 e. The minimum atomic E-state index is -0.629. The van der Waals surface area contributed by atoms with Crippen molar-refractivity contribution >= 4 is 28.7 Å². The van der Waals surface area contributed by atoms with Crippen molar-refractivity contribution in [3.05, 3.63) is 0 Å². The molecule has 0 aromatic carbocycles. The lowest BCUT2D eigenvalue weighted by Crippen LogP contribution is -2.42. The van der Waals surface area contributed by atoms with Crippen molar-refractivity contribution in [3.63, 3.8) is 0 Å². The van der Waals surface area contributed by atoms with Crippen LogP contribution in [0, 0.1) is 11.5 Å². The third kappa shape index (κ3) is 5.53. The summed E-state index contributed by atoms with van der Waals surface area (Å²) in [7, 11) is 0. The second-order valence-electron chi connectivity index (χ2n) is 2.49. The summed E-state index contributed by atoms with van der Waals surface area (Å²) >= 11 is 1.12. The van der Waals surface area contributed by atoms with Crippen LogP contribution in [0.4, 0.5) is 0 Å². The third-order valence-electron chi connectivity index (χ3n) is 1.29. The average Bonchev–Trinajstić information content (AvgIpc) is 2.11. The number of primary amides is 2. The molecule has 0 radical (unpaired) electrons. The van der Waals surface area contributed by atoms with Gasteiger partial charge in [0.25, 0.3) is 0 Å². The molecule has 0 saturated heterocycles. The zero-order valence-corrected chi connectivity index (χ0v) is 8.95. The van der Waals surface area contributed by atoms with E-state index in [1.165, 1.54) is 4.90 Å². The predicted octanol–water partition coefficient (Wildman–Crippen LogP) is -1.54. The lowest BCUT2D eigenvalue weighted by molar-refractivity contribution is -0.120. The molecule has 0 aliphatic carbocycles. The summed E-state index contributed by atoms with van der Waals surface area (Å²) in [5, 5.41) is 8.61. The van der Waals surface area contributed by atoms with Crippen LogP contribution in [0.15, 0.2) is 4.99 Å². The van der Waals surface area contributed by atoms with Crippen LogP contribution < -0.4 is 11.5 Å². The summed E-state index contributed by atoms with van der Waals surface area (Å²) in [6.45, 7) is -0.408. The Kier molecular flexibility index (Phi) is 5.89. The number of hydrogen-bond acceptors (Lipinski definition) is 5. The van der Waals surface area contributed by atoms with Gasteiger partial charge >= 0.3 is 0 Å². The smallest absolute Gasteiger partial charge is 0.237 e. The molecule has 0 aromatic heterocycles. The molecule has 4 N–H and O–H groups in total. The minimum absolute atomic E-state index is 0.204. The van der Waals surface area contributed by atoms with E-state index in [1.807, 2.05) is 0 Å². The predicted molar refractivity (Wildman–Crippen MR) is 56.5 cm³/mol. The van der Waals surface area contributed by atoms with E-state index in [1.54, 1.807) is 12.4 Å². The molecule has 0 spiro atoms. The van der Waals surface area contributed by atoms with Gasteiger partial charge in [-0.1, -0.05) is 11.8 Å². The Balaban J connectivity index is 4.74. The van der Waals surface area contributed by atoms with Gasteiger partial charge in [-0.2, -0.15) is 5.26 Å². The molecule has 15 heavy (non-hydrogen) atoms. The Bertz CT molecular complexity index is 306. The van der Waals surface area contributed by atoms with Gasteiger partial charge in [0.05, 0.1) is 13.1 Å². The number of thioether (sulfide) groups is 1. The highest BCUT2D eigenvalue weighted by Gasteiger charge is 2.15. The number of carbonyl (C=O) groups excluding carboxylic acids is 2. The normalized spacial score (nSPS) is 10.5. The fourth-order valence-corrected chi connectivity index (χ4v) is 1.38. The van der Waals surface area contributed by atoms with Crippen LogP contribution >= 0.6 is 11.8 Å². The molecule has 82 valence electrons. The lowest BCUT2D eigenvalue weighted by atomic mass is 10.5. The van der Waals surface area contributed by atoms with Crippen molar-refractivity contribution in [2.75, 3.05) is 19.3 Å². The zero-order valence-electron chi connectivity index (χ0n) is 8.14. The van der Waals surface area contributed by atoms with Crippen LogP contribution in [-0.4, -0.2) is 41.2 Å². The van der Waals surface area contributed by atoms with E-state index in [4.69, 9.17) is 16.7 Å². The van der Waals surface area contributed by atoms with Gasteiger partial charge < -0.3 is 16.4 Å². The highest BCUT2D eigenvalue weighted by Crippen LogP contribution is 2.04. The van der Waals surface area contributed by atoms with Crippen LogP contribution in [0.5, 0.6) is 0 Å². The van der Waals surface area contributed by atoms with E-state index >= 15 is 0 Å². The number of carbonyl (C=O) groups is 2. The molecule has 0 aromatic rings. The van der Waals surface area contributed by atoms with Crippen molar-refractivity contribution in [2.45, 2.75) is 0 Å². The van der Waals surface area contributed by atoms with Crippen LogP contribution in [0.3, 0.4) is 0 Å². The molecule has 0 unspecified atom stereocenters. The Morgan fingerprint density at radius 3 is 2.13 bits per heavy atom. The van der Waals surface area contributed by atoms with E-state index in [0.29, 0.717) is 0 Å². The summed E-state index contributed by atoms with van der Waals surface area (Å²) in [4.78, 5) is 26.1. The van der Waals surface area contributed by atoms with Gasteiger partial charge in [0.1, 0.15) is 0 Å². The highest BCUT2D eigenvalue weighted by molar-refractivity contribution is 8.13. The quantitative estimate of drug-likeness (QED) is 0.343. The number of nitriles is 1. The van der Waals surface area contributed by atoms with Crippen LogP contribution in [0.2, 0.25) is 0 Å². The van der Waals surface area contributed by atoms with Gasteiger partial charge in [0.15, 0.2) is 5.17 Å². The number of nitrogens with two attached hydrogens (primary N) is 2. The van der Waals surface area contributed by atoms with Crippen LogP contribution in [0.25, 0.3) is 0 Å². The lowest BCUT2D eigenvalue weighted by Gasteiger charge is -2.20. The SMILES string of the molecule is CSC(=NC#N)N(CC(N)=O)CC(N)=O. The van der Waals surface area contributed by atoms with E-state index in [9.17, 15) is 9.59 Å². The van der Waals surface area contributed by atoms with Crippen molar-refractivity contribution in [3.8, 4) is 6.19 Å². The fraction of sp³-hybridized carbons (Fsp3) is 0.429. The topological polar surface area (TPSA) is 126 Å². The minimum Gasteiger partial charge on any atom is -0.368 e. The standard InChI is InChI=1S/C7H11N5O2S/c1-15-7(11-4-8)12(2-5(9)13)3-6(10)14/h2-3H2,1H3,(H2,9,13)(H2,10,14). The van der Waals surface area contributed by atoms with Crippen molar-refractivity contribution < 1.29 is 9.59 Å². The molecule has 0 saturated carbocycles. The first-order valence-electron chi connectivity index (χ1n) is 3.83. The van der Waals surface area contributed by atoms with Crippen molar-refractivity contribution in [1.82, 2.24) is 4.90 Å². The van der Waals surface area contributed by atoms with Gasteiger partial charge in [-0.3, -0.25) is 9.59 Å². The van der Waals surface area contributed by atoms with E-state index < -0.39 is 11.8 Å². The number of aliphatic imine (C=N–C) groups is 1. The molecule has 0 heterocycles. The summed E-state index contributed by atoms with van der Waals surface area (Å²) in [5.41, 5.74) is 9.96. The highest BCUT2D eigenvalue weighted by atomic mass is 32.2. The Morgan fingerprint density at radius 1 is 1.40 bits per heavy atom. The first-order chi connectivity index (χ1) is 7.01. The molecule has 7 nitrogen and oxygen atoms in total. The molecule has 0 aliphatic rings. The molecule has 2 amide bonds. The van der Waals surface area contributed by atoms with Crippen LogP contribution in [0.1, 0.15) is 0 Å². The monoisotopic (exact) mass is 229 g/mol. The Labute approximate surface area is 91.1 Å². The average molecular weight is 229 g/mol. The van der Waals surface area contributed by atoms with Gasteiger partial charge in [-0.25, -0.2) is 0 Å². The molecule has 8 heteroatoms. The molecule has 0 bridgehead atoms. The molecular formula is C7H11N5O2S. The number of amidine groups is 1. The van der Waals surface area contributed by atoms with E-state index in [0.717, 1.165) is 11.8 Å². The van der Waals surface area contributed by atoms with Crippen molar-refractivity contribution in [1.29, 1.82) is 5.26 Å². The summed E-state index contributed by atoms with van der Waals surface area (Å²) in [5.74, 6) is -1.26. The maximum atomic E-state index is 10.7. The molecule has 0 fully saturated rings. The van der Waals surface area contributed by atoms with Gasteiger partial charge in [0.2, 0.25) is 18.0 Å². The molecule has 0 aliphatic heterocycles. The zero-order chi connectivity index (χ0) is 11.8. The molecular weight excluding hydrogens is 218 g/mol. The number of nitrogens with zero attached hydrogens (tertiary/aromatic N) is 3. The van der Waals surface area contributed by atoms with Gasteiger partial charge in [-0.15, -0.1) is 4.99 Å². The van der Waals surface area contributed by atoms with E-state index in [2.05, 4.69) is 4.99 Å². The molecule has 0 atom stereocenters.